The van der Waals surface area contributed by atoms with Crippen molar-refractivity contribution in [2.75, 3.05) is 5.33 Å². The van der Waals surface area contributed by atoms with Gasteiger partial charge in [0.25, 0.3) is 0 Å². The molecule has 0 bridgehead atoms. The fourth-order valence-corrected chi connectivity index (χ4v) is 2.62. The van der Waals surface area contributed by atoms with Crippen LogP contribution in [0.3, 0.4) is 0 Å². The lowest BCUT2D eigenvalue weighted by Gasteiger charge is -2.25. The average Bonchev–Trinajstić information content (AvgIpc) is 1.88. The molecule has 1 aliphatic rings. The van der Waals surface area contributed by atoms with E-state index in [0.29, 0.717) is 0 Å². The third kappa shape index (κ3) is 2.61. The Labute approximate surface area is 72.5 Å². The summed E-state index contributed by atoms with van der Waals surface area (Å²) in [5.74, 6) is 2.03. The summed E-state index contributed by atoms with van der Waals surface area (Å²) in [6.07, 6.45) is 7.30. The van der Waals surface area contributed by atoms with Crippen LogP contribution in [0.4, 0.5) is 0 Å². The van der Waals surface area contributed by atoms with E-state index in [-0.39, 0.29) is 0 Å². The van der Waals surface area contributed by atoms with Crippen molar-refractivity contribution in [2.24, 2.45) is 11.8 Å². The molecule has 0 aromatic rings. The molecule has 2 atom stereocenters. The van der Waals surface area contributed by atoms with Crippen molar-refractivity contribution in [3.8, 4) is 0 Å². The molecular formula is C9H17Br. The first kappa shape index (κ1) is 8.58. The maximum absolute atomic E-state index is 3.50. The van der Waals surface area contributed by atoms with Gasteiger partial charge in [-0.3, -0.25) is 0 Å². The van der Waals surface area contributed by atoms with Gasteiger partial charge in [0.05, 0.1) is 0 Å². The van der Waals surface area contributed by atoms with Gasteiger partial charge in [-0.05, 0) is 24.7 Å². The van der Waals surface area contributed by atoms with E-state index in [1.54, 1.807) is 0 Å². The molecule has 1 aliphatic carbocycles. The average molecular weight is 205 g/mol. The largest absolute Gasteiger partial charge is 0.0928 e. The van der Waals surface area contributed by atoms with Crippen molar-refractivity contribution in [3.63, 3.8) is 0 Å². The third-order valence-corrected chi connectivity index (χ3v) is 3.02. The zero-order valence-electron chi connectivity index (χ0n) is 6.78. The second kappa shape index (κ2) is 4.38. The number of halogens is 1. The van der Waals surface area contributed by atoms with Crippen molar-refractivity contribution in [1.29, 1.82) is 0 Å². The Morgan fingerprint density at radius 3 is 2.80 bits per heavy atom. The Balaban J connectivity index is 2.18. The predicted octanol–water partition coefficient (Wildman–Crippen LogP) is 3.60. The lowest BCUT2D eigenvalue weighted by Crippen LogP contribution is -2.13. The molecule has 0 amide bonds. The van der Waals surface area contributed by atoms with Gasteiger partial charge in [-0.15, -0.1) is 0 Å². The van der Waals surface area contributed by atoms with Crippen molar-refractivity contribution in [3.05, 3.63) is 0 Å². The summed E-state index contributed by atoms with van der Waals surface area (Å²) in [5, 5.41) is 1.20. The van der Waals surface area contributed by atoms with Crippen LogP contribution >= 0.6 is 15.9 Å². The van der Waals surface area contributed by atoms with E-state index < -0.39 is 0 Å². The molecule has 0 aromatic heterocycles. The molecule has 60 valence electrons. The fourth-order valence-electron chi connectivity index (χ4n) is 1.98. The minimum atomic E-state index is 0.998. The topological polar surface area (TPSA) is 0 Å². The summed E-state index contributed by atoms with van der Waals surface area (Å²) in [6.45, 7) is 2.39. The molecule has 1 heteroatoms. The molecule has 10 heavy (non-hydrogen) atoms. The van der Waals surface area contributed by atoms with Crippen LogP contribution in [0.2, 0.25) is 0 Å². The first-order chi connectivity index (χ1) is 4.83. The Bertz CT molecular complexity index is 88.7. The number of alkyl halides is 1. The van der Waals surface area contributed by atoms with Gasteiger partial charge in [0.2, 0.25) is 0 Å². The highest BCUT2D eigenvalue weighted by atomic mass is 79.9. The van der Waals surface area contributed by atoms with Gasteiger partial charge in [0.1, 0.15) is 0 Å². The van der Waals surface area contributed by atoms with Gasteiger partial charge in [-0.2, -0.15) is 0 Å². The van der Waals surface area contributed by atoms with Gasteiger partial charge in [0, 0.05) is 5.33 Å². The maximum Gasteiger partial charge on any atom is 0.00339 e. The van der Waals surface area contributed by atoms with E-state index in [2.05, 4.69) is 22.9 Å². The van der Waals surface area contributed by atoms with Crippen molar-refractivity contribution >= 4 is 15.9 Å². The molecule has 1 saturated carbocycles. The van der Waals surface area contributed by atoms with Gasteiger partial charge in [-0.25, -0.2) is 0 Å². The molecule has 0 heterocycles. The van der Waals surface area contributed by atoms with E-state index >= 15 is 0 Å². The van der Waals surface area contributed by atoms with E-state index in [9.17, 15) is 0 Å². The van der Waals surface area contributed by atoms with Crippen molar-refractivity contribution in [2.45, 2.75) is 39.0 Å². The van der Waals surface area contributed by atoms with Crippen molar-refractivity contribution < 1.29 is 0 Å². The molecule has 0 spiro atoms. The summed E-state index contributed by atoms with van der Waals surface area (Å²) >= 11 is 3.50. The second-order valence-corrected chi connectivity index (χ2v) is 4.41. The van der Waals surface area contributed by atoms with Crippen LogP contribution in [0, 0.1) is 11.8 Å². The summed E-state index contributed by atoms with van der Waals surface area (Å²) in [7, 11) is 0. The number of hydrogen-bond acceptors (Lipinski definition) is 0. The lowest BCUT2D eigenvalue weighted by molar-refractivity contribution is 0.278. The minimum Gasteiger partial charge on any atom is -0.0928 e. The predicted molar refractivity (Wildman–Crippen MR) is 49.5 cm³/mol. The quantitative estimate of drug-likeness (QED) is 0.604. The highest BCUT2D eigenvalue weighted by Gasteiger charge is 2.17. The normalized spacial score (nSPS) is 34.2. The summed E-state index contributed by atoms with van der Waals surface area (Å²) in [6, 6.07) is 0. The molecule has 0 radical (unpaired) electrons. The van der Waals surface area contributed by atoms with Crippen LogP contribution < -0.4 is 0 Å². The van der Waals surface area contributed by atoms with Crippen molar-refractivity contribution in [1.82, 2.24) is 0 Å². The molecule has 0 nitrogen and oxygen atoms in total. The van der Waals surface area contributed by atoms with Gasteiger partial charge in [-0.1, -0.05) is 42.1 Å². The van der Waals surface area contributed by atoms with Crippen LogP contribution in [0.5, 0.6) is 0 Å². The third-order valence-electron chi connectivity index (χ3n) is 2.56. The van der Waals surface area contributed by atoms with E-state index in [1.165, 1.54) is 37.4 Å². The monoisotopic (exact) mass is 204 g/mol. The smallest absolute Gasteiger partial charge is 0.00339 e. The zero-order valence-corrected chi connectivity index (χ0v) is 8.36. The fraction of sp³-hybridized carbons (Fsp3) is 1.00. The number of hydrogen-bond donors (Lipinski definition) is 0. The Morgan fingerprint density at radius 1 is 1.40 bits per heavy atom. The zero-order chi connectivity index (χ0) is 7.40. The minimum absolute atomic E-state index is 0.998. The first-order valence-corrected chi connectivity index (χ1v) is 5.51. The summed E-state index contributed by atoms with van der Waals surface area (Å²) in [5.41, 5.74) is 0. The Morgan fingerprint density at radius 2 is 2.20 bits per heavy atom. The lowest BCUT2D eigenvalue weighted by atomic mass is 9.81. The molecule has 0 unspecified atom stereocenters. The number of rotatable bonds is 2. The van der Waals surface area contributed by atoms with Gasteiger partial charge >= 0.3 is 0 Å². The van der Waals surface area contributed by atoms with E-state index in [1.807, 2.05) is 0 Å². The van der Waals surface area contributed by atoms with E-state index in [4.69, 9.17) is 0 Å². The van der Waals surface area contributed by atoms with Crippen LogP contribution in [-0.4, -0.2) is 5.33 Å². The molecule has 0 aliphatic heterocycles. The highest BCUT2D eigenvalue weighted by molar-refractivity contribution is 9.09. The molecule has 0 aromatic carbocycles. The Hall–Kier alpha value is 0.480. The summed E-state index contributed by atoms with van der Waals surface area (Å²) in [4.78, 5) is 0. The maximum atomic E-state index is 3.50. The highest BCUT2D eigenvalue weighted by Crippen LogP contribution is 2.30. The van der Waals surface area contributed by atoms with Gasteiger partial charge in [0.15, 0.2) is 0 Å². The second-order valence-electron chi connectivity index (χ2n) is 3.62. The molecule has 0 saturated heterocycles. The molecule has 1 fully saturated rings. The Kier molecular flexibility index (Phi) is 3.75. The van der Waals surface area contributed by atoms with E-state index in [0.717, 1.165) is 11.8 Å². The van der Waals surface area contributed by atoms with Crippen LogP contribution in [0.25, 0.3) is 0 Å². The van der Waals surface area contributed by atoms with Crippen LogP contribution in [0.15, 0.2) is 0 Å². The SMILES string of the molecule is C[C@H]1CCC[C@@H](CCBr)C1. The molecular weight excluding hydrogens is 188 g/mol. The molecule has 1 rings (SSSR count). The van der Waals surface area contributed by atoms with Gasteiger partial charge < -0.3 is 0 Å². The van der Waals surface area contributed by atoms with Crippen LogP contribution in [-0.2, 0) is 0 Å². The van der Waals surface area contributed by atoms with Crippen LogP contribution in [0.1, 0.15) is 39.0 Å². The first-order valence-electron chi connectivity index (χ1n) is 4.39. The molecule has 0 N–H and O–H groups in total. The summed E-state index contributed by atoms with van der Waals surface area (Å²) < 4.78 is 0. The standard InChI is InChI=1S/C9H17Br/c1-8-3-2-4-9(7-8)5-6-10/h8-9H,2-7H2,1H3/t8-,9-/m0/s1.